The Morgan fingerprint density at radius 1 is 1.08 bits per heavy atom. The number of anilines is 2. The third-order valence-electron chi connectivity index (χ3n) is 7.63. The molecule has 2 amide bonds. The van der Waals surface area contributed by atoms with Gasteiger partial charge in [-0.15, -0.1) is 0 Å². The van der Waals surface area contributed by atoms with Crippen LogP contribution in [-0.2, 0) is 16.0 Å². The Morgan fingerprint density at radius 3 is 2.74 bits per heavy atom. The highest BCUT2D eigenvalue weighted by atomic mass is 16.6. The van der Waals surface area contributed by atoms with Gasteiger partial charge < -0.3 is 25.7 Å². The van der Waals surface area contributed by atoms with Gasteiger partial charge in [-0.2, -0.15) is 0 Å². The largest absolute Gasteiger partial charge is 0.444 e. The number of hydrogen-bond acceptors (Lipinski definition) is 6. The van der Waals surface area contributed by atoms with Crippen LogP contribution >= 0.6 is 0 Å². The molecule has 3 atom stereocenters. The number of amides is 2. The minimum Gasteiger partial charge on any atom is -0.444 e. The fourth-order valence-corrected chi connectivity index (χ4v) is 5.79. The normalized spacial score (nSPS) is 22.9. The second-order valence-electron chi connectivity index (χ2n) is 11.6. The average molecular weight is 517 g/mol. The molecule has 38 heavy (non-hydrogen) atoms. The summed E-state index contributed by atoms with van der Waals surface area (Å²) in [5.74, 6) is 0.845. The van der Waals surface area contributed by atoms with Crippen LogP contribution in [-0.4, -0.2) is 51.6 Å². The Morgan fingerprint density at radius 2 is 1.95 bits per heavy atom. The molecule has 200 valence electrons. The number of nitrogens with zero attached hydrogens (tertiary/aromatic N) is 2. The lowest BCUT2D eigenvalue weighted by molar-refractivity contribution is -0.120. The minimum atomic E-state index is -0.596. The molecular formula is C29H36N6O3. The summed E-state index contributed by atoms with van der Waals surface area (Å²) >= 11 is 0. The smallest absolute Gasteiger partial charge is 0.410 e. The van der Waals surface area contributed by atoms with E-state index in [0.717, 1.165) is 59.6 Å². The number of carbonyl (C=O) groups is 2. The van der Waals surface area contributed by atoms with Crippen molar-refractivity contribution >= 4 is 34.4 Å². The molecule has 3 aliphatic heterocycles. The van der Waals surface area contributed by atoms with Gasteiger partial charge in [-0.1, -0.05) is 6.07 Å². The molecule has 0 radical (unpaired) electrons. The summed E-state index contributed by atoms with van der Waals surface area (Å²) in [5, 5.41) is 10.2. The number of H-pyrrole nitrogens is 1. The van der Waals surface area contributed by atoms with Crippen molar-refractivity contribution in [1.82, 2.24) is 20.2 Å². The van der Waals surface area contributed by atoms with E-state index in [1.165, 1.54) is 12.0 Å². The van der Waals surface area contributed by atoms with Crippen LogP contribution < -0.4 is 16.0 Å². The van der Waals surface area contributed by atoms with Crippen LogP contribution in [0.2, 0.25) is 0 Å². The van der Waals surface area contributed by atoms with Gasteiger partial charge in [0.1, 0.15) is 17.5 Å². The molecule has 2 saturated heterocycles. The van der Waals surface area contributed by atoms with E-state index in [-0.39, 0.29) is 11.9 Å². The molecule has 3 aromatic rings. The highest BCUT2D eigenvalue weighted by Gasteiger charge is 2.36. The predicted octanol–water partition coefficient (Wildman–Crippen LogP) is 5.03. The number of likely N-dealkylation sites (tertiary alicyclic amines) is 1. The minimum absolute atomic E-state index is 0.141. The molecule has 0 saturated carbocycles. The SMILES string of the molecule is CC(C)(C)OC(=O)N1CCC[C@H]1C(=O)Nc1ccc2c(c1)CC(c1ccc3[nH]c([C@@H]4CCCN4)nc3c1)N2. The van der Waals surface area contributed by atoms with E-state index in [0.29, 0.717) is 19.0 Å². The maximum Gasteiger partial charge on any atom is 0.410 e. The third kappa shape index (κ3) is 4.95. The molecule has 4 heterocycles. The van der Waals surface area contributed by atoms with E-state index in [9.17, 15) is 9.59 Å². The lowest BCUT2D eigenvalue weighted by atomic mass is 10.0. The van der Waals surface area contributed by atoms with Crippen molar-refractivity contribution in [2.75, 3.05) is 23.7 Å². The molecule has 3 aliphatic rings. The van der Waals surface area contributed by atoms with Gasteiger partial charge in [0.05, 0.1) is 23.1 Å². The van der Waals surface area contributed by atoms with Gasteiger partial charge in [0.2, 0.25) is 5.91 Å². The van der Waals surface area contributed by atoms with Crippen LogP contribution in [0.3, 0.4) is 0 Å². The van der Waals surface area contributed by atoms with Crippen LogP contribution in [0.5, 0.6) is 0 Å². The number of fused-ring (bicyclic) bond motifs is 2. The molecule has 9 heteroatoms. The van der Waals surface area contributed by atoms with Crippen LogP contribution in [0.25, 0.3) is 11.0 Å². The zero-order chi connectivity index (χ0) is 26.4. The standard InChI is InChI=1S/C29H36N6O3/c1-29(2,3)38-28(37)35-13-5-7-25(35)27(36)31-19-9-11-20-18(14-19)16-23(32-20)17-8-10-21-24(15-17)34-26(33-21)22-6-4-12-30-22/h8-11,14-15,22-23,25,30,32H,4-7,12-13,16H2,1-3H3,(H,31,36)(H,33,34)/t22-,23?,25-/m0/s1. The van der Waals surface area contributed by atoms with Gasteiger partial charge in [0.25, 0.3) is 0 Å². The van der Waals surface area contributed by atoms with Gasteiger partial charge in [0, 0.05) is 17.9 Å². The molecule has 0 spiro atoms. The van der Waals surface area contributed by atoms with Gasteiger partial charge in [0.15, 0.2) is 0 Å². The van der Waals surface area contributed by atoms with Gasteiger partial charge >= 0.3 is 6.09 Å². The number of imidazole rings is 1. The molecule has 1 unspecified atom stereocenters. The Hall–Kier alpha value is -3.59. The van der Waals surface area contributed by atoms with Crippen LogP contribution in [0, 0.1) is 0 Å². The zero-order valence-electron chi connectivity index (χ0n) is 22.3. The number of ether oxygens (including phenoxy) is 1. The molecule has 0 aliphatic carbocycles. The summed E-state index contributed by atoms with van der Waals surface area (Å²) in [6.07, 6.45) is 4.10. The van der Waals surface area contributed by atoms with E-state index < -0.39 is 17.7 Å². The van der Waals surface area contributed by atoms with Crippen molar-refractivity contribution in [1.29, 1.82) is 0 Å². The first kappa shape index (κ1) is 24.7. The maximum atomic E-state index is 13.1. The van der Waals surface area contributed by atoms with E-state index >= 15 is 0 Å². The molecule has 4 N–H and O–H groups in total. The summed E-state index contributed by atoms with van der Waals surface area (Å²) in [6, 6.07) is 12.3. The number of benzene rings is 2. The van der Waals surface area contributed by atoms with Crippen LogP contribution in [0.1, 0.15) is 75.5 Å². The molecule has 2 fully saturated rings. The number of nitrogens with one attached hydrogen (secondary N) is 4. The summed E-state index contributed by atoms with van der Waals surface area (Å²) in [7, 11) is 0. The van der Waals surface area contributed by atoms with Crippen molar-refractivity contribution in [2.24, 2.45) is 0 Å². The monoisotopic (exact) mass is 516 g/mol. The summed E-state index contributed by atoms with van der Waals surface area (Å²) in [6.45, 7) is 7.07. The second kappa shape index (κ2) is 9.62. The van der Waals surface area contributed by atoms with Gasteiger partial charge in [-0.3, -0.25) is 9.69 Å². The summed E-state index contributed by atoms with van der Waals surface area (Å²) < 4.78 is 5.51. The van der Waals surface area contributed by atoms with Crippen LogP contribution in [0.4, 0.5) is 16.2 Å². The first-order valence-corrected chi connectivity index (χ1v) is 13.7. The Balaban J connectivity index is 1.12. The number of rotatable bonds is 4. The predicted molar refractivity (Wildman–Crippen MR) is 147 cm³/mol. The topological polar surface area (TPSA) is 111 Å². The molecule has 2 aromatic carbocycles. The number of carbonyl (C=O) groups excluding carboxylic acids is 2. The van der Waals surface area contributed by atoms with Gasteiger partial charge in [-0.25, -0.2) is 9.78 Å². The lowest BCUT2D eigenvalue weighted by Crippen LogP contribution is -2.45. The van der Waals surface area contributed by atoms with Crippen molar-refractivity contribution in [3.8, 4) is 0 Å². The highest BCUT2D eigenvalue weighted by molar-refractivity contribution is 5.97. The van der Waals surface area contributed by atoms with E-state index in [2.05, 4.69) is 39.1 Å². The number of hydrogen-bond donors (Lipinski definition) is 4. The van der Waals surface area contributed by atoms with Crippen molar-refractivity contribution in [2.45, 2.75) is 76.6 Å². The maximum absolute atomic E-state index is 13.1. The zero-order valence-corrected chi connectivity index (χ0v) is 22.3. The fraction of sp³-hybridized carbons (Fsp3) is 0.483. The Kier molecular flexibility index (Phi) is 6.26. The third-order valence-corrected chi connectivity index (χ3v) is 7.63. The number of aromatic nitrogens is 2. The van der Waals surface area contributed by atoms with Crippen molar-refractivity contribution in [3.05, 3.63) is 53.3 Å². The lowest BCUT2D eigenvalue weighted by Gasteiger charge is -2.28. The quantitative estimate of drug-likeness (QED) is 0.387. The highest BCUT2D eigenvalue weighted by Crippen LogP contribution is 2.37. The van der Waals surface area contributed by atoms with Crippen LogP contribution in [0.15, 0.2) is 36.4 Å². The molecule has 1 aromatic heterocycles. The average Bonchev–Trinajstić information content (AvgIpc) is 3.67. The van der Waals surface area contributed by atoms with E-state index in [1.54, 1.807) is 4.90 Å². The molecule has 6 rings (SSSR count). The van der Waals surface area contributed by atoms with Crippen molar-refractivity contribution in [3.63, 3.8) is 0 Å². The molecule has 0 bridgehead atoms. The van der Waals surface area contributed by atoms with Gasteiger partial charge in [-0.05, 0) is 101 Å². The van der Waals surface area contributed by atoms with E-state index in [4.69, 9.17) is 9.72 Å². The number of aromatic amines is 1. The second-order valence-corrected chi connectivity index (χ2v) is 11.6. The Labute approximate surface area is 222 Å². The Bertz CT molecular complexity index is 1370. The summed E-state index contributed by atoms with van der Waals surface area (Å²) in [4.78, 5) is 35.6. The molecular weight excluding hydrogens is 480 g/mol. The van der Waals surface area contributed by atoms with Crippen molar-refractivity contribution < 1.29 is 14.3 Å². The van der Waals surface area contributed by atoms with E-state index in [1.807, 2.05) is 39.0 Å². The molecule has 9 nitrogen and oxygen atoms in total. The summed E-state index contributed by atoms with van der Waals surface area (Å²) in [5.41, 5.74) is 5.61. The first-order valence-electron chi connectivity index (χ1n) is 13.7. The first-order chi connectivity index (χ1) is 18.2. The fourth-order valence-electron chi connectivity index (χ4n) is 5.79.